The SMILES string of the molecule is C.Cn1ccc(OC2=NCc3nc(N4CCC5(CC4)Cc4ccccc4[C@H]5N)cnc32)c(Cl)c1=O. The number of aromatic nitrogens is 3. The number of hydrogen-bond acceptors (Lipinski definition) is 7. The van der Waals surface area contributed by atoms with Gasteiger partial charge in [-0.15, -0.1) is 0 Å². The lowest BCUT2D eigenvalue weighted by molar-refractivity contribution is 0.187. The zero-order valence-corrected chi connectivity index (χ0v) is 19.6. The second-order valence-electron chi connectivity index (χ2n) is 9.36. The zero-order valence-electron chi connectivity index (χ0n) is 18.9. The molecule has 182 valence electrons. The number of nitrogens with zero attached hydrogens (tertiary/aromatic N) is 5. The van der Waals surface area contributed by atoms with Crippen molar-refractivity contribution < 1.29 is 4.74 Å². The molecule has 3 aliphatic rings. The lowest BCUT2D eigenvalue weighted by Crippen LogP contribution is -2.44. The minimum Gasteiger partial charge on any atom is -0.435 e. The van der Waals surface area contributed by atoms with E-state index in [1.807, 2.05) is 0 Å². The number of ether oxygens (including phenoxy) is 1. The van der Waals surface area contributed by atoms with Gasteiger partial charge in [-0.05, 0) is 41.9 Å². The van der Waals surface area contributed by atoms with Crippen LogP contribution in [-0.4, -0.2) is 33.5 Å². The van der Waals surface area contributed by atoms with Crippen LogP contribution < -0.4 is 20.9 Å². The molecule has 0 amide bonds. The quantitative estimate of drug-likeness (QED) is 0.586. The summed E-state index contributed by atoms with van der Waals surface area (Å²) in [5.74, 6) is 1.44. The Hall–Kier alpha value is -3.23. The van der Waals surface area contributed by atoms with E-state index in [4.69, 9.17) is 27.1 Å². The number of nitrogens with two attached hydrogens (primary N) is 1. The maximum Gasteiger partial charge on any atom is 0.272 e. The smallest absolute Gasteiger partial charge is 0.272 e. The summed E-state index contributed by atoms with van der Waals surface area (Å²) in [6.07, 6.45) is 6.47. The van der Waals surface area contributed by atoms with Gasteiger partial charge in [0.1, 0.15) is 16.5 Å². The van der Waals surface area contributed by atoms with E-state index in [9.17, 15) is 4.79 Å². The normalized spacial score (nSPS) is 19.7. The van der Waals surface area contributed by atoms with Gasteiger partial charge in [-0.25, -0.2) is 15.0 Å². The molecule has 1 aliphatic carbocycles. The number of benzene rings is 1. The van der Waals surface area contributed by atoms with Crippen molar-refractivity contribution in [1.82, 2.24) is 14.5 Å². The van der Waals surface area contributed by atoms with Crippen molar-refractivity contribution in [2.75, 3.05) is 18.0 Å². The minimum atomic E-state index is -0.327. The van der Waals surface area contributed by atoms with Gasteiger partial charge in [0, 0.05) is 32.4 Å². The Morgan fingerprint density at radius 3 is 2.74 bits per heavy atom. The van der Waals surface area contributed by atoms with Crippen molar-refractivity contribution in [3.8, 4) is 5.75 Å². The fraction of sp³-hybridized carbons (Fsp3) is 0.385. The number of aliphatic imine (C=N–C) groups is 1. The molecule has 0 saturated carbocycles. The van der Waals surface area contributed by atoms with E-state index >= 15 is 0 Å². The summed E-state index contributed by atoms with van der Waals surface area (Å²) in [5.41, 5.74) is 10.6. The topological polar surface area (TPSA) is 98.6 Å². The first-order valence-electron chi connectivity index (χ1n) is 11.5. The minimum absolute atomic E-state index is 0. The molecule has 4 heterocycles. The van der Waals surface area contributed by atoms with E-state index in [1.165, 1.54) is 15.7 Å². The highest BCUT2D eigenvalue weighted by atomic mass is 35.5. The lowest BCUT2D eigenvalue weighted by atomic mass is 9.73. The first kappa shape index (κ1) is 23.5. The molecule has 35 heavy (non-hydrogen) atoms. The third-order valence-corrected chi connectivity index (χ3v) is 7.81. The molecule has 9 heteroatoms. The molecule has 2 N–H and O–H groups in total. The molecule has 1 atom stereocenters. The first-order chi connectivity index (χ1) is 16.4. The molecule has 1 saturated heterocycles. The van der Waals surface area contributed by atoms with Gasteiger partial charge in [0.15, 0.2) is 5.75 Å². The van der Waals surface area contributed by atoms with Gasteiger partial charge in [-0.2, -0.15) is 0 Å². The van der Waals surface area contributed by atoms with Gasteiger partial charge in [0.05, 0.1) is 18.4 Å². The van der Waals surface area contributed by atoms with Crippen LogP contribution in [0, 0.1) is 5.41 Å². The number of aryl methyl sites for hydroxylation is 1. The van der Waals surface area contributed by atoms with Gasteiger partial charge >= 0.3 is 0 Å². The van der Waals surface area contributed by atoms with Crippen LogP contribution in [0.15, 0.2) is 52.5 Å². The number of fused-ring (bicyclic) bond motifs is 2. The lowest BCUT2D eigenvalue weighted by Gasteiger charge is -2.42. The molecule has 6 rings (SSSR count). The molecule has 0 radical (unpaired) electrons. The third kappa shape index (κ3) is 3.81. The van der Waals surface area contributed by atoms with Crippen molar-refractivity contribution in [2.45, 2.75) is 39.3 Å². The average molecular weight is 493 g/mol. The molecule has 1 spiro atoms. The fourth-order valence-electron chi connectivity index (χ4n) is 5.41. The number of rotatable bonds is 2. The Morgan fingerprint density at radius 2 is 1.97 bits per heavy atom. The van der Waals surface area contributed by atoms with Crippen molar-refractivity contribution in [3.63, 3.8) is 0 Å². The monoisotopic (exact) mass is 492 g/mol. The van der Waals surface area contributed by atoms with Crippen molar-refractivity contribution >= 4 is 23.3 Å². The van der Waals surface area contributed by atoms with Gasteiger partial charge in [0.2, 0.25) is 5.90 Å². The molecule has 2 aromatic heterocycles. The van der Waals surface area contributed by atoms with Gasteiger partial charge in [-0.3, -0.25) is 4.79 Å². The predicted octanol–water partition coefficient (Wildman–Crippen LogP) is 3.65. The Kier molecular flexibility index (Phi) is 5.89. The maximum atomic E-state index is 12.1. The summed E-state index contributed by atoms with van der Waals surface area (Å²) in [5, 5.41) is 0.0141. The summed E-state index contributed by atoms with van der Waals surface area (Å²) in [6.45, 7) is 2.16. The van der Waals surface area contributed by atoms with Crippen molar-refractivity contribution in [2.24, 2.45) is 23.2 Å². The number of pyridine rings is 1. The maximum absolute atomic E-state index is 12.1. The van der Waals surface area contributed by atoms with Crippen molar-refractivity contribution in [3.05, 3.63) is 80.6 Å². The Bertz CT molecular complexity index is 1380. The average Bonchev–Trinajstić information content (AvgIpc) is 3.38. The number of anilines is 1. The number of halogens is 1. The standard InChI is InChI=1S/C25H25ClN6O2.CH4/c1-31-9-6-18(20(26)24(31)33)34-23-21-17(13-29-23)30-19(14-28-21)32-10-7-25(8-11-32)12-15-4-2-3-5-16(15)22(25)27;/h2-6,9,14,22H,7-8,10-13,27H2,1H3;1H4/t22-;/m1./s1. The number of piperidine rings is 1. The van der Waals surface area contributed by atoms with Gasteiger partial charge in [0.25, 0.3) is 5.56 Å². The Morgan fingerprint density at radius 1 is 1.20 bits per heavy atom. The van der Waals surface area contributed by atoms with Gasteiger partial charge < -0.3 is 19.9 Å². The summed E-state index contributed by atoms with van der Waals surface area (Å²) < 4.78 is 7.23. The molecule has 1 fully saturated rings. The van der Waals surface area contributed by atoms with Crippen LogP contribution in [0.3, 0.4) is 0 Å². The van der Waals surface area contributed by atoms with Crippen molar-refractivity contribution in [1.29, 1.82) is 0 Å². The van der Waals surface area contributed by atoms with E-state index in [-0.39, 0.29) is 35.2 Å². The predicted molar refractivity (Wildman–Crippen MR) is 137 cm³/mol. The summed E-state index contributed by atoms with van der Waals surface area (Å²) in [4.78, 5) is 28.2. The molecule has 2 aliphatic heterocycles. The van der Waals surface area contributed by atoms with E-state index in [2.05, 4.69) is 39.1 Å². The second-order valence-corrected chi connectivity index (χ2v) is 9.74. The second kappa shape index (κ2) is 8.77. The van der Waals surface area contributed by atoms with Crippen LogP contribution in [0.25, 0.3) is 0 Å². The molecule has 3 aromatic rings. The van der Waals surface area contributed by atoms with Crippen LogP contribution in [0.1, 0.15) is 48.8 Å². The first-order valence-corrected chi connectivity index (χ1v) is 11.8. The molecule has 8 nitrogen and oxygen atoms in total. The molecular formula is C26H29ClN6O2. The molecule has 1 aromatic carbocycles. The highest BCUT2D eigenvalue weighted by molar-refractivity contribution is 6.32. The van der Waals surface area contributed by atoms with Crippen LogP contribution >= 0.6 is 11.6 Å². The van der Waals surface area contributed by atoms with Crippen LogP contribution in [0.5, 0.6) is 5.75 Å². The van der Waals surface area contributed by atoms with E-state index < -0.39 is 0 Å². The third-order valence-electron chi connectivity index (χ3n) is 7.46. The fourth-order valence-corrected chi connectivity index (χ4v) is 5.65. The van der Waals surface area contributed by atoms with Crippen LogP contribution in [0.2, 0.25) is 5.02 Å². The van der Waals surface area contributed by atoms with Crippen LogP contribution in [-0.2, 0) is 20.0 Å². The largest absolute Gasteiger partial charge is 0.435 e. The zero-order chi connectivity index (χ0) is 23.4. The van der Waals surface area contributed by atoms with E-state index in [1.54, 1.807) is 25.5 Å². The highest BCUT2D eigenvalue weighted by Gasteiger charge is 2.46. The molecule has 0 bridgehead atoms. The van der Waals surface area contributed by atoms with Gasteiger partial charge in [-0.1, -0.05) is 43.3 Å². The Balaban J connectivity index is 0.00000253. The number of hydrogen-bond donors (Lipinski definition) is 1. The van der Waals surface area contributed by atoms with Crippen LogP contribution in [0.4, 0.5) is 5.82 Å². The Labute approximate surface area is 209 Å². The summed E-state index contributed by atoms with van der Waals surface area (Å²) >= 11 is 6.16. The van der Waals surface area contributed by atoms with E-state index in [0.29, 0.717) is 18.1 Å². The molecular weight excluding hydrogens is 464 g/mol. The summed E-state index contributed by atoms with van der Waals surface area (Å²) in [6, 6.07) is 10.3. The molecule has 0 unspecified atom stereocenters. The highest BCUT2D eigenvalue weighted by Crippen LogP contribution is 2.50. The summed E-state index contributed by atoms with van der Waals surface area (Å²) in [7, 11) is 1.63. The van der Waals surface area contributed by atoms with E-state index in [0.717, 1.165) is 43.9 Å².